The normalized spacial score (nSPS) is 10.5. The van der Waals surface area contributed by atoms with E-state index in [0.717, 1.165) is 25.1 Å². The molecule has 0 saturated heterocycles. The molecule has 0 unspecified atom stereocenters. The van der Waals surface area contributed by atoms with Gasteiger partial charge in [0.05, 0.1) is 12.1 Å². The Labute approximate surface area is 125 Å². The second kappa shape index (κ2) is 9.59. The van der Waals surface area contributed by atoms with Crippen molar-refractivity contribution in [1.82, 2.24) is 4.98 Å². The average molecular weight is 299 g/mol. The molecule has 1 N–H and O–H groups in total. The molecule has 0 aliphatic rings. The number of hydrogen-bond donors (Lipinski definition) is 1. The first-order valence-electron chi connectivity index (χ1n) is 7.22. The summed E-state index contributed by atoms with van der Waals surface area (Å²) in [6.45, 7) is 3.48. The molecule has 0 radical (unpaired) electrons. The molecule has 0 atom stereocenters. The number of aromatic nitrogens is 1. The second-order valence-electron chi connectivity index (χ2n) is 4.86. The van der Waals surface area contributed by atoms with Crippen LogP contribution in [0.25, 0.3) is 0 Å². The Bertz CT molecular complexity index is 413. The number of carboxylic acids is 1. The van der Waals surface area contributed by atoms with Gasteiger partial charge in [-0.25, -0.2) is 4.98 Å². The van der Waals surface area contributed by atoms with Crippen LogP contribution < -0.4 is 4.90 Å². The number of anilines is 1. The van der Waals surface area contributed by atoms with E-state index in [4.69, 9.17) is 16.7 Å². The fourth-order valence-electron chi connectivity index (χ4n) is 2.10. The number of aliphatic carboxylic acids is 1. The predicted octanol–water partition coefficient (Wildman–Crippen LogP) is 3.99. The second-order valence-corrected chi connectivity index (χ2v) is 5.22. The topological polar surface area (TPSA) is 53.4 Å². The van der Waals surface area contributed by atoms with Crippen molar-refractivity contribution in [2.24, 2.45) is 0 Å². The van der Waals surface area contributed by atoms with Gasteiger partial charge in [0, 0.05) is 19.3 Å². The van der Waals surface area contributed by atoms with Gasteiger partial charge in [0.1, 0.15) is 0 Å². The van der Waals surface area contributed by atoms with Gasteiger partial charge in [0.25, 0.3) is 0 Å². The van der Waals surface area contributed by atoms with Gasteiger partial charge in [-0.3, -0.25) is 4.79 Å². The summed E-state index contributed by atoms with van der Waals surface area (Å²) in [5, 5.41) is 9.28. The molecule has 1 heterocycles. The molecule has 4 nitrogen and oxygen atoms in total. The third kappa shape index (κ3) is 6.24. The predicted molar refractivity (Wildman–Crippen MR) is 82.5 cm³/mol. The molecule has 1 aromatic heterocycles. The number of nitrogens with zero attached hydrogens (tertiary/aromatic N) is 2. The highest BCUT2D eigenvalue weighted by molar-refractivity contribution is 6.32. The van der Waals surface area contributed by atoms with Gasteiger partial charge >= 0.3 is 5.97 Å². The van der Waals surface area contributed by atoms with Crippen LogP contribution in [0.4, 0.5) is 5.69 Å². The Morgan fingerprint density at radius 1 is 1.30 bits per heavy atom. The summed E-state index contributed by atoms with van der Waals surface area (Å²) in [6, 6.07) is 3.72. The minimum absolute atomic E-state index is 0.111. The first-order valence-corrected chi connectivity index (χ1v) is 7.60. The fraction of sp³-hybridized carbons (Fsp3) is 0.600. The average Bonchev–Trinajstić information content (AvgIpc) is 2.43. The van der Waals surface area contributed by atoms with E-state index in [1.807, 2.05) is 17.0 Å². The summed E-state index contributed by atoms with van der Waals surface area (Å²) in [4.78, 5) is 16.8. The number of pyridine rings is 1. The van der Waals surface area contributed by atoms with E-state index >= 15 is 0 Å². The number of rotatable bonds is 10. The van der Waals surface area contributed by atoms with Crippen molar-refractivity contribution in [2.45, 2.75) is 45.4 Å². The molecule has 0 saturated carbocycles. The van der Waals surface area contributed by atoms with E-state index in [0.29, 0.717) is 11.7 Å². The van der Waals surface area contributed by atoms with Crippen LogP contribution in [-0.2, 0) is 4.79 Å². The van der Waals surface area contributed by atoms with Crippen molar-refractivity contribution in [3.63, 3.8) is 0 Å². The third-order valence-electron chi connectivity index (χ3n) is 3.21. The third-order valence-corrected chi connectivity index (χ3v) is 3.50. The summed E-state index contributed by atoms with van der Waals surface area (Å²) in [6.07, 6.45) is 7.66. The molecule has 0 aliphatic heterocycles. The monoisotopic (exact) mass is 298 g/mol. The van der Waals surface area contributed by atoms with Crippen molar-refractivity contribution in [3.05, 3.63) is 23.5 Å². The fourth-order valence-corrected chi connectivity index (χ4v) is 2.34. The van der Waals surface area contributed by atoms with Crippen molar-refractivity contribution < 1.29 is 9.90 Å². The van der Waals surface area contributed by atoms with Crippen LogP contribution in [0.3, 0.4) is 0 Å². The van der Waals surface area contributed by atoms with Crippen LogP contribution >= 0.6 is 11.6 Å². The number of carbonyl (C=O) groups is 1. The molecule has 0 amide bonds. The molecule has 0 spiro atoms. The number of carboxylic acid groups (broad SMARTS) is 1. The van der Waals surface area contributed by atoms with Crippen LogP contribution in [0.5, 0.6) is 0 Å². The summed E-state index contributed by atoms with van der Waals surface area (Å²) in [5.41, 5.74) is 0.825. The zero-order valence-electron chi connectivity index (χ0n) is 12.0. The summed E-state index contributed by atoms with van der Waals surface area (Å²) >= 11 is 6.10. The van der Waals surface area contributed by atoms with Crippen molar-refractivity contribution in [1.29, 1.82) is 0 Å². The number of hydrogen-bond acceptors (Lipinski definition) is 3. The van der Waals surface area contributed by atoms with E-state index in [1.165, 1.54) is 19.3 Å². The van der Waals surface area contributed by atoms with Gasteiger partial charge in [-0.1, -0.05) is 44.2 Å². The summed E-state index contributed by atoms with van der Waals surface area (Å²) in [7, 11) is 0. The molecule has 5 heteroatoms. The quantitative estimate of drug-likeness (QED) is 0.524. The molecule has 20 heavy (non-hydrogen) atoms. The zero-order valence-corrected chi connectivity index (χ0v) is 12.8. The lowest BCUT2D eigenvalue weighted by molar-refractivity contribution is -0.136. The highest BCUT2D eigenvalue weighted by atomic mass is 35.5. The maximum atomic E-state index is 10.8. The van der Waals surface area contributed by atoms with Crippen LogP contribution in [0.15, 0.2) is 18.3 Å². The summed E-state index contributed by atoms with van der Waals surface area (Å²) < 4.78 is 0. The zero-order chi connectivity index (χ0) is 14.8. The van der Waals surface area contributed by atoms with Crippen molar-refractivity contribution in [2.75, 3.05) is 18.0 Å². The standard InChI is InChI=1S/C15H23ClN2O2/c1-2-3-4-5-6-11-18(12-9-14(19)20)13-8-7-10-17-15(13)16/h7-8,10H,2-6,9,11-12H2,1H3,(H,19,20). The SMILES string of the molecule is CCCCCCCN(CCC(=O)O)c1cccnc1Cl. The van der Waals surface area contributed by atoms with E-state index in [-0.39, 0.29) is 6.42 Å². The highest BCUT2D eigenvalue weighted by Crippen LogP contribution is 2.23. The molecular formula is C15H23ClN2O2. The van der Waals surface area contributed by atoms with Gasteiger partial charge in [-0.2, -0.15) is 0 Å². The Balaban J connectivity index is 2.56. The Morgan fingerprint density at radius 3 is 2.70 bits per heavy atom. The first-order chi connectivity index (χ1) is 9.65. The lowest BCUT2D eigenvalue weighted by Crippen LogP contribution is -2.27. The molecule has 0 aliphatic carbocycles. The van der Waals surface area contributed by atoms with Crippen LogP contribution in [0.2, 0.25) is 5.15 Å². The number of unbranched alkanes of at least 4 members (excludes halogenated alkanes) is 4. The van der Waals surface area contributed by atoms with Crippen molar-refractivity contribution >= 4 is 23.3 Å². The van der Waals surface area contributed by atoms with Gasteiger partial charge < -0.3 is 10.0 Å². The van der Waals surface area contributed by atoms with E-state index in [1.54, 1.807) is 6.20 Å². The minimum Gasteiger partial charge on any atom is -0.481 e. The van der Waals surface area contributed by atoms with Crippen LogP contribution in [0.1, 0.15) is 45.4 Å². The van der Waals surface area contributed by atoms with Gasteiger partial charge in [0.15, 0.2) is 5.15 Å². The maximum Gasteiger partial charge on any atom is 0.305 e. The highest BCUT2D eigenvalue weighted by Gasteiger charge is 2.12. The molecule has 0 bridgehead atoms. The smallest absolute Gasteiger partial charge is 0.305 e. The van der Waals surface area contributed by atoms with E-state index in [9.17, 15) is 4.79 Å². The van der Waals surface area contributed by atoms with Gasteiger partial charge in [-0.05, 0) is 18.6 Å². The first kappa shape index (κ1) is 16.8. The maximum absolute atomic E-state index is 10.8. The lowest BCUT2D eigenvalue weighted by atomic mass is 10.1. The van der Waals surface area contributed by atoms with E-state index < -0.39 is 5.97 Å². The Kier molecular flexibility index (Phi) is 8.04. The molecule has 0 aromatic carbocycles. The lowest BCUT2D eigenvalue weighted by Gasteiger charge is -2.24. The van der Waals surface area contributed by atoms with Gasteiger partial charge in [-0.15, -0.1) is 0 Å². The van der Waals surface area contributed by atoms with Crippen LogP contribution in [0, 0.1) is 0 Å². The molecule has 1 aromatic rings. The van der Waals surface area contributed by atoms with E-state index in [2.05, 4.69) is 11.9 Å². The minimum atomic E-state index is -0.791. The number of halogens is 1. The largest absolute Gasteiger partial charge is 0.481 e. The van der Waals surface area contributed by atoms with Crippen molar-refractivity contribution in [3.8, 4) is 0 Å². The molecule has 1 rings (SSSR count). The van der Waals surface area contributed by atoms with Gasteiger partial charge in [0.2, 0.25) is 0 Å². The summed E-state index contributed by atoms with van der Waals surface area (Å²) in [5.74, 6) is -0.791. The molecule has 0 fully saturated rings. The Hall–Kier alpha value is -1.29. The van der Waals surface area contributed by atoms with Crippen LogP contribution in [-0.4, -0.2) is 29.1 Å². The molecular weight excluding hydrogens is 276 g/mol. The molecule has 112 valence electrons. The Morgan fingerprint density at radius 2 is 2.05 bits per heavy atom.